The number of hydrogen-bond donors (Lipinski definition) is 2. The number of carbonyl (C=O) groups excluding carboxylic acids is 1. The molecule has 0 radical (unpaired) electrons. The van der Waals surface area contributed by atoms with Crippen molar-refractivity contribution in [2.45, 2.75) is 6.54 Å². The van der Waals surface area contributed by atoms with Gasteiger partial charge in [-0.1, -0.05) is 0 Å². The minimum atomic E-state index is -0.415. The first kappa shape index (κ1) is 14.7. The second-order valence-corrected chi connectivity index (χ2v) is 4.68. The normalized spacial score (nSPS) is 10.3. The first-order chi connectivity index (χ1) is 11.2. The molecule has 0 saturated carbocycles. The Morgan fingerprint density at radius 2 is 1.96 bits per heavy atom. The lowest BCUT2D eigenvalue weighted by atomic mass is 10.3. The van der Waals surface area contributed by atoms with Crippen molar-refractivity contribution in [1.82, 2.24) is 9.97 Å². The fourth-order valence-corrected chi connectivity index (χ4v) is 1.86. The van der Waals surface area contributed by atoms with E-state index in [2.05, 4.69) is 20.6 Å². The molecule has 2 aromatic heterocycles. The molecule has 0 spiro atoms. The van der Waals surface area contributed by atoms with E-state index < -0.39 is 5.91 Å². The van der Waals surface area contributed by atoms with E-state index in [0.29, 0.717) is 18.1 Å². The zero-order chi connectivity index (χ0) is 16.1. The molecule has 6 nitrogen and oxygen atoms in total. The van der Waals surface area contributed by atoms with Crippen LogP contribution in [0, 0.1) is 5.82 Å². The summed E-state index contributed by atoms with van der Waals surface area (Å²) < 4.78 is 18.0. The topological polar surface area (TPSA) is 80.0 Å². The van der Waals surface area contributed by atoms with Gasteiger partial charge in [0.05, 0.1) is 25.2 Å². The van der Waals surface area contributed by atoms with E-state index in [0.717, 1.165) is 5.76 Å². The zero-order valence-electron chi connectivity index (χ0n) is 12.0. The van der Waals surface area contributed by atoms with Crippen LogP contribution in [-0.4, -0.2) is 15.9 Å². The fourth-order valence-electron chi connectivity index (χ4n) is 1.86. The highest BCUT2D eigenvalue weighted by atomic mass is 19.1. The summed E-state index contributed by atoms with van der Waals surface area (Å²) in [5.41, 5.74) is 0.649. The monoisotopic (exact) mass is 312 g/mol. The summed E-state index contributed by atoms with van der Waals surface area (Å²) in [7, 11) is 0. The third-order valence-electron chi connectivity index (χ3n) is 3.01. The number of nitrogens with zero attached hydrogens (tertiary/aromatic N) is 2. The number of hydrogen-bond acceptors (Lipinski definition) is 5. The Labute approximate surface area is 131 Å². The van der Waals surface area contributed by atoms with Crippen molar-refractivity contribution in [3.05, 3.63) is 72.3 Å². The van der Waals surface area contributed by atoms with Crippen LogP contribution < -0.4 is 10.6 Å². The summed E-state index contributed by atoms with van der Waals surface area (Å²) in [4.78, 5) is 20.2. The first-order valence-corrected chi connectivity index (χ1v) is 6.86. The number of carbonyl (C=O) groups is 1. The van der Waals surface area contributed by atoms with E-state index in [1.807, 2.05) is 6.07 Å². The molecule has 23 heavy (non-hydrogen) atoms. The van der Waals surface area contributed by atoms with Crippen molar-refractivity contribution >= 4 is 17.4 Å². The van der Waals surface area contributed by atoms with Crippen LogP contribution in [0.3, 0.4) is 0 Å². The predicted octanol–water partition coefficient (Wildman–Crippen LogP) is 3.07. The highest BCUT2D eigenvalue weighted by Gasteiger charge is 2.08. The highest BCUT2D eigenvalue weighted by Crippen LogP contribution is 2.10. The number of rotatable bonds is 5. The summed E-state index contributed by atoms with van der Waals surface area (Å²) >= 11 is 0. The van der Waals surface area contributed by atoms with Crippen molar-refractivity contribution in [2.24, 2.45) is 0 Å². The van der Waals surface area contributed by atoms with E-state index >= 15 is 0 Å². The molecule has 2 N–H and O–H groups in total. The molecule has 0 aliphatic carbocycles. The van der Waals surface area contributed by atoms with Crippen LogP contribution >= 0.6 is 0 Å². The number of furan rings is 1. The van der Waals surface area contributed by atoms with Crippen molar-refractivity contribution in [1.29, 1.82) is 0 Å². The molecule has 3 rings (SSSR count). The molecule has 3 aromatic rings. The molecule has 1 aromatic carbocycles. The molecular weight excluding hydrogens is 299 g/mol. The van der Waals surface area contributed by atoms with Gasteiger partial charge in [-0.25, -0.2) is 14.4 Å². The molecule has 0 atom stereocenters. The number of halogens is 1. The highest BCUT2D eigenvalue weighted by molar-refractivity contribution is 6.02. The summed E-state index contributed by atoms with van der Waals surface area (Å²) in [6.07, 6.45) is 4.41. The molecule has 2 heterocycles. The van der Waals surface area contributed by atoms with E-state index in [1.165, 1.54) is 36.7 Å². The Morgan fingerprint density at radius 3 is 2.61 bits per heavy atom. The van der Waals surface area contributed by atoms with Gasteiger partial charge in [-0.3, -0.25) is 4.79 Å². The van der Waals surface area contributed by atoms with E-state index in [-0.39, 0.29) is 11.5 Å². The Morgan fingerprint density at radius 1 is 1.13 bits per heavy atom. The Kier molecular flexibility index (Phi) is 4.28. The Balaban J connectivity index is 1.59. The third-order valence-corrected chi connectivity index (χ3v) is 3.01. The van der Waals surface area contributed by atoms with Crippen LogP contribution in [0.5, 0.6) is 0 Å². The van der Waals surface area contributed by atoms with Gasteiger partial charge in [-0.05, 0) is 36.4 Å². The van der Waals surface area contributed by atoms with Crippen molar-refractivity contribution < 1.29 is 13.6 Å². The fraction of sp³-hybridized carbons (Fsp3) is 0.0625. The van der Waals surface area contributed by atoms with E-state index in [9.17, 15) is 9.18 Å². The summed E-state index contributed by atoms with van der Waals surface area (Å²) in [6, 6.07) is 9.11. The minimum absolute atomic E-state index is 0.165. The Hall–Kier alpha value is -3.22. The van der Waals surface area contributed by atoms with Gasteiger partial charge >= 0.3 is 0 Å². The summed E-state index contributed by atoms with van der Waals surface area (Å²) in [6.45, 7) is 0.475. The van der Waals surface area contributed by atoms with Gasteiger partial charge in [0.2, 0.25) is 0 Å². The van der Waals surface area contributed by atoms with Crippen LogP contribution in [0.1, 0.15) is 16.2 Å². The van der Waals surface area contributed by atoms with Crippen molar-refractivity contribution in [3.63, 3.8) is 0 Å². The smallest absolute Gasteiger partial charge is 0.275 e. The number of anilines is 2. The van der Waals surface area contributed by atoms with Crippen LogP contribution in [0.15, 0.2) is 59.5 Å². The molecule has 1 amide bonds. The lowest BCUT2D eigenvalue weighted by molar-refractivity contribution is 0.102. The van der Waals surface area contributed by atoms with Crippen LogP contribution in [0.2, 0.25) is 0 Å². The van der Waals surface area contributed by atoms with Gasteiger partial charge in [0.25, 0.3) is 5.91 Å². The molecule has 0 bridgehead atoms. The second kappa shape index (κ2) is 6.69. The van der Waals surface area contributed by atoms with Crippen molar-refractivity contribution in [3.8, 4) is 0 Å². The third kappa shape index (κ3) is 3.91. The quantitative estimate of drug-likeness (QED) is 0.757. The largest absolute Gasteiger partial charge is 0.467 e. The lowest BCUT2D eigenvalue weighted by Gasteiger charge is -2.06. The second-order valence-electron chi connectivity index (χ2n) is 4.68. The molecule has 0 saturated heterocycles. The van der Waals surface area contributed by atoms with Gasteiger partial charge in [0.1, 0.15) is 23.1 Å². The molecule has 0 unspecified atom stereocenters. The average molecular weight is 312 g/mol. The predicted molar refractivity (Wildman–Crippen MR) is 82.4 cm³/mol. The zero-order valence-corrected chi connectivity index (χ0v) is 12.0. The molecule has 0 fully saturated rings. The van der Waals surface area contributed by atoms with Gasteiger partial charge in [0.15, 0.2) is 0 Å². The maximum Gasteiger partial charge on any atom is 0.275 e. The number of aromatic nitrogens is 2. The lowest BCUT2D eigenvalue weighted by Crippen LogP contribution is -2.14. The van der Waals surface area contributed by atoms with Crippen molar-refractivity contribution in [2.75, 3.05) is 10.6 Å². The summed E-state index contributed by atoms with van der Waals surface area (Å²) in [5.74, 6) is 0.515. The SMILES string of the molecule is O=C(Nc1ccc(F)cc1)c1cnc(NCc2ccco2)cn1. The maximum atomic E-state index is 12.8. The molecule has 0 aliphatic heterocycles. The average Bonchev–Trinajstić information content (AvgIpc) is 3.09. The Bertz CT molecular complexity index is 771. The summed E-state index contributed by atoms with van der Waals surface area (Å²) in [5, 5.41) is 5.64. The maximum absolute atomic E-state index is 12.8. The van der Waals surface area contributed by atoms with Crippen LogP contribution in [-0.2, 0) is 6.54 Å². The number of nitrogens with one attached hydrogen (secondary N) is 2. The molecular formula is C16H13FN4O2. The van der Waals surface area contributed by atoms with Gasteiger partial charge in [0, 0.05) is 5.69 Å². The van der Waals surface area contributed by atoms with E-state index in [1.54, 1.807) is 12.3 Å². The molecule has 0 aliphatic rings. The standard InChI is InChI=1S/C16H13FN4O2/c17-11-3-5-12(6-4-11)21-16(22)14-9-20-15(10-18-14)19-8-13-2-1-7-23-13/h1-7,9-10H,8H2,(H,19,20)(H,21,22). The van der Waals surface area contributed by atoms with E-state index in [4.69, 9.17) is 4.42 Å². The van der Waals surface area contributed by atoms with Gasteiger partial charge in [-0.2, -0.15) is 0 Å². The molecule has 7 heteroatoms. The number of benzene rings is 1. The van der Waals surface area contributed by atoms with Gasteiger partial charge in [-0.15, -0.1) is 0 Å². The minimum Gasteiger partial charge on any atom is -0.467 e. The van der Waals surface area contributed by atoms with Gasteiger partial charge < -0.3 is 15.1 Å². The van der Waals surface area contributed by atoms with Crippen LogP contribution in [0.4, 0.5) is 15.9 Å². The van der Waals surface area contributed by atoms with Crippen LogP contribution in [0.25, 0.3) is 0 Å². The first-order valence-electron chi connectivity index (χ1n) is 6.86. The molecule has 116 valence electrons. The number of amides is 1.